The zero-order chi connectivity index (χ0) is 24.5. The maximum absolute atomic E-state index is 13.8. The number of benzene rings is 1. The first-order valence-corrected chi connectivity index (χ1v) is 12.7. The highest BCUT2D eigenvalue weighted by molar-refractivity contribution is 7.21. The van der Waals surface area contributed by atoms with E-state index < -0.39 is 5.82 Å². The molecule has 35 heavy (non-hydrogen) atoms. The fourth-order valence-corrected chi connectivity index (χ4v) is 5.71. The molecule has 0 saturated carbocycles. The zero-order valence-corrected chi connectivity index (χ0v) is 20.5. The van der Waals surface area contributed by atoms with E-state index in [4.69, 9.17) is 0 Å². The molecule has 0 aliphatic carbocycles. The molecule has 0 N–H and O–H groups in total. The first kappa shape index (κ1) is 23.3. The third-order valence-electron chi connectivity index (χ3n) is 6.52. The van der Waals surface area contributed by atoms with Crippen LogP contribution in [-0.2, 0) is 11.3 Å². The summed E-state index contributed by atoms with van der Waals surface area (Å²) in [5, 5.41) is 0.625. The van der Waals surface area contributed by atoms with Crippen molar-refractivity contribution in [2.45, 2.75) is 51.6 Å². The van der Waals surface area contributed by atoms with Gasteiger partial charge in [0.05, 0.1) is 6.04 Å². The van der Waals surface area contributed by atoms with Crippen LogP contribution in [0.25, 0.3) is 21.9 Å². The van der Waals surface area contributed by atoms with Crippen molar-refractivity contribution in [3.63, 3.8) is 0 Å². The van der Waals surface area contributed by atoms with Gasteiger partial charge in [-0.15, -0.1) is 0 Å². The molecule has 0 spiro atoms. The number of carbonyl (C=O) groups excluding carboxylic acids is 1. The average Bonchev–Trinajstić information content (AvgIpc) is 3.52. The Labute approximate surface area is 206 Å². The van der Waals surface area contributed by atoms with Gasteiger partial charge in [-0.05, 0) is 37.3 Å². The van der Waals surface area contributed by atoms with E-state index in [1.54, 1.807) is 0 Å². The molecule has 180 valence electrons. The van der Waals surface area contributed by atoms with E-state index in [0.717, 1.165) is 18.4 Å². The molecule has 1 aromatic carbocycles. The first-order valence-electron chi connectivity index (χ1n) is 11.8. The highest BCUT2D eigenvalue weighted by Gasteiger charge is 2.33. The van der Waals surface area contributed by atoms with Crippen molar-refractivity contribution in [2.24, 2.45) is 0 Å². The van der Waals surface area contributed by atoms with Crippen LogP contribution in [0.5, 0.6) is 0 Å². The van der Waals surface area contributed by atoms with Gasteiger partial charge in [-0.3, -0.25) is 19.1 Å². The number of rotatable bonds is 7. The molecular formula is C26H26FN5O2S. The fraction of sp³-hybridized carbons (Fsp3) is 0.346. The van der Waals surface area contributed by atoms with Gasteiger partial charge in [0.25, 0.3) is 5.56 Å². The van der Waals surface area contributed by atoms with E-state index in [2.05, 4.69) is 21.9 Å². The van der Waals surface area contributed by atoms with E-state index in [1.165, 1.54) is 34.2 Å². The van der Waals surface area contributed by atoms with Crippen LogP contribution in [0, 0.1) is 5.82 Å². The lowest BCUT2D eigenvalue weighted by Gasteiger charge is -2.24. The fourth-order valence-electron chi connectivity index (χ4n) is 4.70. The van der Waals surface area contributed by atoms with Gasteiger partial charge in [0, 0.05) is 31.8 Å². The van der Waals surface area contributed by atoms with Crippen LogP contribution in [0.3, 0.4) is 0 Å². The molecule has 4 aromatic rings. The lowest BCUT2D eigenvalue weighted by atomic mass is 9.93. The van der Waals surface area contributed by atoms with Crippen LogP contribution in [0.2, 0.25) is 0 Å². The minimum Gasteiger partial charge on any atom is -0.338 e. The summed E-state index contributed by atoms with van der Waals surface area (Å²) in [4.78, 5) is 42.5. The van der Waals surface area contributed by atoms with Gasteiger partial charge in [-0.1, -0.05) is 48.6 Å². The summed E-state index contributed by atoms with van der Waals surface area (Å²) in [5.74, 6) is 0.175. The first-order chi connectivity index (χ1) is 17.0. The average molecular weight is 492 g/mol. The van der Waals surface area contributed by atoms with Crippen LogP contribution in [0.1, 0.15) is 44.6 Å². The molecule has 1 saturated heterocycles. The molecule has 3 aromatic heterocycles. The Morgan fingerprint density at radius 3 is 2.77 bits per heavy atom. The number of nitrogens with zero attached hydrogens (tertiary/aromatic N) is 5. The van der Waals surface area contributed by atoms with Gasteiger partial charge in [-0.25, -0.2) is 14.4 Å². The number of thiazole rings is 1. The number of hydrogen-bond acceptors (Lipinski definition) is 7. The molecule has 2 atom stereocenters. The number of carbonyl (C=O) groups is 1. The number of pyridine rings is 1. The summed E-state index contributed by atoms with van der Waals surface area (Å²) >= 11 is 1.29. The quantitative estimate of drug-likeness (QED) is 0.369. The molecule has 0 amide bonds. The third-order valence-corrected chi connectivity index (χ3v) is 7.51. The second kappa shape index (κ2) is 9.65. The number of hydrogen-bond donors (Lipinski definition) is 0. The largest absolute Gasteiger partial charge is 0.338 e. The van der Waals surface area contributed by atoms with Crippen molar-refractivity contribution in [2.75, 3.05) is 11.4 Å². The SMILES string of the molecule is CCn1c(-c2cc(F)ccn2)nc2sc(N3CCC[C@@H]3C(=O)C[C@H](C)c3ccccc3)nc2c1=O. The minimum atomic E-state index is -0.444. The van der Waals surface area contributed by atoms with Gasteiger partial charge < -0.3 is 4.90 Å². The molecule has 7 nitrogen and oxygen atoms in total. The van der Waals surface area contributed by atoms with Crippen LogP contribution in [-0.4, -0.2) is 37.9 Å². The standard InChI is InChI=1S/C26H26FN5O2S/c1-3-31-23(19-15-18(27)11-12-28-19)30-24-22(25(31)34)29-26(35-24)32-13-7-10-20(32)21(33)14-16(2)17-8-5-4-6-9-17/h4-6,8-9,11-12,15-16,20H,3,7,10,13-14H2,1-2H3/t16-,20+/m0/s1. The highest BCUT2D eigenvalue weighted by atomic mass is 32.1. The Bertz CT molecular complexity index is 1430. The molecule has 5 rings (SSSR count). The van der Waals surface area contributed by atoms with Crippen molar-refractivity contribution in [1.29, 1.82) is 0 Å². The summed E-state index contributed by atoms with van der Waals surface area (Å²) in [6.45, 7) is 4.96. The van der Waals surface area contributed by atoms with Crippen molar-refractivity contribution >= 4 is 32.6 Å². The molecule has 0 bridgehead atoms. The Kier molecular flexibility index (Phi) is 6.42. The summed E-state index contributed by atoms with van der Waals surface area (Å²) in [6, 6.07) is 12.3. The van der Waals surface area contributed by atoms with Crippen molar-refractivity contribution in [3.8, 4) is 11.5 Å². The van der Waals surface area contributed by atoms with E-state index in [9.17, 15) is 14.0 Å². The molecule has 0 unspecified atom stereocenters. The third kappa shape index (κ3) is 4.48. The zero-order valence-electron chi connectivity index (χ0n) is 19.6. The van der Waals surface area contributed by atoms with Crippen LogP contribution in [0.15, 0.2) is 53.5 Å². The Morgan fingerprint density at radius 2 is 2.03 bits per heavy atom. The van der Waals surface area contributed by atoms with Gasteiger partial charge in [0.2, 0.25) is 0 Å². The predicted molar refractivity (Wildman–Crippen MR) is 135 cm³/mol. The Balaban J connectivity index is 1.47. The van der Waals surface area contributed by atoms with E-state index in [1.807, 2.05) is 42.2 Å². The Morgan fingerprint density at radius 1 is 1.23 bits per heavy atom. The number of anilines is 1. The number of ketones is 1. The lowest BCUT2D eigenvalue weighted by molar-refractivity contribution is -0.120. The molecule has 1 aliphatic rings. The van der Waals surface area contributed by atoms with E-state index >= 15 is 0 Å². The second-order valence-corrected chi connectivity index (χ2v) is 9.78. The summed E-state index contributed by atoms with van der Waals surface area (Å²) in [7, 11) is 0. The second-order valence-electron chi connectivity index (χ2n) is 8.83. The monoisotopic (exact) mass is 491 g/mol. The summed E-state index contributed by atoms with van der Waals surface area (Å²) in [6.07, 6.45) is 3.46. The molecule has 1 fully saturated rings. The topological polar surface area (TPSA) is 81.0 Å². The summed E-state index contributed by atoms with van der Waals surface area (Å²) < 4.78 is 15.3. The highest BCUT2D eigenvalue weighted by Crippen LogP contribution is 2.34. The number of Topliss-reactive ketones (excluding diaryl/α,β-unsaturated/α-hetero) is 1. The smallest absolute Gasteiger partial charge is 0.281 e. The number of aromatic nitrogens is 4. The number of fused-ring (bicyclic) bond motifs is 1. The maximum atomic E-state index is 13.8. The van der Waals surface area contributed by atoms with Crippen molar-refractivity contribution in [3.05, 3.63) is 70.4 Å². The van der Waals surface area contributed by atoms with Gasteiger partial charge in [0.1, 0.15) is 11.5 Å². The lowest BCUT2D eigenvalue weighted by Crippen LogP contribution is -2.36. The van der Waals surface area contributed by atoms with Gasteiger partial charge >= 0.3 is 0 Å². The van der Waals surface area contributed by atoms with Crippen molar-refractivity contribution < 1.29 is 9.18 Å². The van der Waals surface area contributed by atoms with Gasteiger partial charge in [0.15, 0.2) is 27.1 Å². The number of halogens is 1. The molecule has 1 aliphatic heterocycles. The normalized spacial score (nSPS) is 16.7. The maximum Gasteiger partial charge on any atom is 0.281 e. The van der Waals surface area contributed by atoms with E-state index in [-0.39, 0.29) is 28.8 Å². The van der Waals surface area contributed by atoms with Crippen LogP contribution >= 0.6 is 11.3 Å². The molecule has 0 radical (unpaired) electrons. The van der Waals surface area contributed by atoms with Crippen LogP contribution < -0.4 is 10.5 Å². The van der Waals surface area contributed by atoms with E-state index in [0.29, 0.717) is 41.0 Å². The molecular weight excluding hydrogens is 465 g/mol. The predicted octanol–water partition coefficient (Wildman–Crippen LogP) is 4.81. The Hall–Kier alpha value is -3.46. The molecule has 4 heterocycles. The summed E-state index contributed by atoms with van der Waals surface area (Å²) in [5.41, 5.74) is 1.42. The van der Waals surface area contributed by atoms with Crippen molar-refractivity contribution in [1.82, 2.24) is 19.5 Å². The van der Waals surface area contributed by atoms with Gasteiger partial charge in [-0.2, -0.15) is 0 Å². The minimum absolute atomic E-state index is 0.126. The van der Waals surface area contributed by atoms with Crippen LogP contribution in [0.4, 0.5) is 9.52 Å². The molecule has 9 heteroatoms.